The average Bonchev–Trinajstić information content (AvgIpc) is 3.31. The Labute approximate surface area is 169 Å². The van der Waals surface area contributed by atoms with Crippen LogP contribution in [0.5, 0.6) is 0 Å². The Morgan fingerprint density at radius 2 is 1.89 bits per heavy atom. The molecule has 1 aromatic carbocycles. The molecule has 28 heavy (non-hydrogen) atoms. The highest BCUT2D eigenvalue weighted by Gasteiger charge is 2.57. The number of rotatable bonds is 4. The molecule has 0 bridgehead atoms. The summed E-state index contributed by atoms with van der Waals surface area (Å²) in [5.74, 6) is -0.534. The molecule has 2 N–H and O–H groups in total. The van der Waals surface area contributed by atoms with E-state index in [1.807, 2.05) is 38.1 Å². The standard InChI is InChI=1S/C21H27N3O3S/c1-12(17(25)23-13-8-4-5-9-13)22-18(26)16-21(2,3)28-20-15-11-7-6-10-14(15)19(27)24(16)20/h6-7,10-13,16,20H,4-5,8-9H2,1-3H3,(H,22,26)(H,23,25)/t12-,16+,20?/m0/s1. The first-order chi connectivity index (χ1) is 13.3. The highest BCUT2D eigenvalue weighted by atomic mass is 32.2. The average molecular weight is 402 g/mol. The third-order valence-corrected chi connectivity index (χ3v) is 7.53. The minimum absolute atomic E-state index is 0.109. The first kappa shape index (κ1) is 19.3. The molecule has 1 aliphatic carbocycles. The molecule has 1 saturated heterocycles. The highest BCUT2D eigenvalue weighted by molar-refractivity contribution is 8.01. The van der Waals surface area contributed by atoms with E-state index < -0.39 is 16.8 Å². The van der Waals surface area contributed by atoms with Crippen LogP contribution < -0.4 is 10.6 Å². The molecule has 1 aromatic rings. The number of carbonyl (C=O) groups excluding carboxylic acids is 3. The van der Waals surface area contributed by atoms with E-state index in [4.69, 9.17) is 0 Å². The fraction of sp³-hybridized carbons (Fsp3) is 0.571. The lowest BCUT2D eigenvalue weighted by molar-refractivity contribution is -0.131. The van der Waals surface area contributed by atoms with Crippen molar-refractivity contribution in [3.05, 3.63) is 35.4 Å². The Kier molecular flexibility index (Phi) is 4.89. The molecule has 2 heterocycles. The fourth-order valence-electron chi connectivity index (χ4n) is 4.56. The van der Waals surface area contributed by atoms with Crippen molar-refractivity contribution in [2.75, 3.05) is 0 Å². The summed E-state index contributed by atoms with van der Waals surface area (Å²) in [5.41, 5.74) is 1.63. The van der Waals surface area contributed by atoms with Crippen LogP contribution in [-0.2, 0) is 9.59 Å². The van der Waals surface area contributed by atoms with E-state index in [1.165, 1.54) is 0 Å². The van der Waals surface area contributed by atoms with Gasteiger partial charge in [0.05, 0.1) is 0 Å². The lowest BCUT2D eigenvalue weighted by Crippen LogP contribution is -2.56. The van der Waals surface area contributed by atoms with Crippen molar-refractivity contribution in [3.63, 3.8) is 0 Å². The van der Waals surface area contributed by atoms with Crippen LogP contribution in [0, 0.1) is 0 Å². The first-order valence-electron chi connectivity index (χ1n) is 10.00. The molecule has 7 heteroatoms. The van der Waals surface area contributed by atoms with Gasteiger partial charge >= 0.3 is 0 Å². The van der Waals surface area contributed by atoms with Crippen LogP contribution in [0.25, 0.3) is 0 Å². The molecule has 1 unspecified atom stereocenters. The highest BCUT2D eigenvalue weighted by Crippen LogP contribution is 2.56. The van der Waals surface area contributed by atoms with E-state index in [0.717, 1.165) is 31.2 Å². The van der Waals surface area contributed by atoms with Crippen LogP contribution >= 0.6 is 11.8 Å². The number of hydrogen-bond acceptors (Lipinski definition) is 4. The van der Waals surface area contributed by atoms with E-state index >= 15 is 0 Å². The Morgan fingerprint density at radius 3 is 2.61 bits per heavy atom. The minimum atomic E-state index is -0.631. The van der Waals surface area contributed by atoms with Crippen LogP contribution in [0.1, 0.15) is 67.7 Å². The van der Waals surface area contributed by atoms with Gasteiger partial charge in [0.15, 0.2) is 0 Å². The largest absolute Gasteiger partial charge is 0.352 e. The molecule has 0 spiro atoms. The third-order valence-electron chi connectivity index (χ3n) is 6.00. The van der Waals surface area contributed by atoms with Gasteiger partial charge in [-0.15, -0.1) is 11.8 Å². The van der Waals surface area contributed by atoms with Gasteiger partial charge in [-0.05, 0) is 45.2 Å². The molecule has 3 aliphatic rings. The molecule has 3 atom stereocenters. The Bertz CT molecular complexity index is 819. The van der Waals surface area contributed by atoms with Crippen molar-refractivity contribution in [2.45, 2.75) is 74.7 Å². The van der Waals surface area contributed by atoms with Gasteiger partial charge in [-0.25, -0.2) is 0 Å². The topological polar surface area (TPSA) is 78.5 Å². The third kappa shape index (κ3) is 3.19. The van der Waals surface area contributed by atoms with Crippen molar-refractivity contribution in [3.8, 4) is 0 Å². The summed E-state index contributed by atoms with van der Waals surface area (Å²) in [4.78, 5) is 40.3. The summed E-state index contributed by atoms with van der Waals surface area (Å²) in [5, 5.41) is 5.72. The molecule has 150 valence electrons. The maximum atomic E-state index is 13.2. The van der Waals surface area contributed by atoms with Crippen LogP contribution in [0.4, 0.5) is 0 Å². The number of benzene rings is 1. The lowest BCUT2D eigenvalue weighted by atomic mass is 10.0. The van der Waals surface area contributed by atoms with E-state index in [9.17, 15) is 14.4 Å². The maximum Gasteiger partial charge on any atom is 0.256 e. The summed E-state index contributed by atoms with van der Waals surface area (Å²) >= 11 is 1.63. The number of carbonyl (C=O) groups is 3. The van der Waals surface area contributed by atoms with Gasteiger partial charge in [0.25, 0.3) is 5.91 Å². The predicted octanol–water partition coefficient (Wildman–Crippen LogP) is 2.60. The van der Waals surface area contributed by atoms with Gasteiger partial charge in [0.2, 0.25) is 11.8 Å². The number of thioether (sulfide) groups is 1. The number of hydrogen-bond donors (Lipinski definition) is 2. The smallest absolute Gasteiger partial charge is 0.256 e. The maximum absolute atomic E-state index is 13.2. The van der Waals surface area contributed by atoms with Gasteiger partial charge in [0.1, 0.15) is 17.5 Å². The zero-order chi connectivity index (χ0) is 20.1. The molecule has 1 saturated carbocycles. The quantitative estimate of drug-likeness (QED) is 0.813. The van der Waals surface area contributed by atoms with E-state index in [0.29, 0.717) is 5.56 Å². The van der Waals surface area contributed by atoms with Crippen molar-refractivity contribution in [2.24, 2.45) is 0 Å². The van der Waals surface area contributed by atoms with Crippen LogP contribution in [0.3, 0.4) is 0 Å². The zero-order valence-electron chi connectivity index (χ0n) is 16.5. The van der Waals surface area contributed by atoms with Gasteiger partial charge in [-0.3, -0.25) is 14.4 Å². The molecule has 6 nitrogen and oxygen atoms in total. The molecular formula is C21H27N3O3S. The summed E-state index contributed by atoms with van der Waals surface area (Å²) in [6, 6.07) is 6.50. The van der Waals surface area contributed by atoms with Gasteiger partial charge < -0.3 is 15.5 Å². The van der Waals surface area contributed by atoms with Crippen LogP contribution in [0.15, 0.2) is 24.3 Å². The minimum Gasteiger partial charge on any atom is -0.352 e. The van der Waals surface area contributed by atoms with E-state index in [-0.39, 0.29) is 29.1 Å². The molecule has 0 aromatic heterocycles. The molecule has 4 rings (SSSR count). The van der Waals surface area contributed by atoms with Crippen molar-refractivity contribution >= 4 is 29.5 Å². The monoisotopic (exact) mass is 401 g/mol. The fourth-order valence-corrected chi connectivity index (χ4v) is 6.15. The summed E-state index contributed by atoms with van der Waals surface area (Å²) in [6.07, 6.45) is 4.28. The SMILES string of the molecule is C[C@H](NC(=O)[C@H]1N2C(=O)c3ccccc3C2SC1(C)C)C(=O)NC1CCCC1. The van der Waals surface area contributed by atoms with E-state index in [1.54, 1.807) is 23.6 Å². The number of nitrogens with one attached hydrogen (secondary N) is 2. The van der Waals surface area contributed by atoms with Crippen LogP contribution in [0.2, 0.25) is 0 Å². The van der Waals surface area contributed by atoms with Crippen molar-refractivity contribution in [1.82, 2.24) is 15.5 Å². The first-order valence-corrected chi connectivity index (χ1v) is 10.9. The van der Waals surface area contributed by atoms with Crippen molar-refractivity contribution < 1.29 is 14.4 Å². The van der Waals surface area contributed by atoms with Gasteiger partial charge in [0, 0.05) is 16.4 Å². The van der Waals surface area contributed by atoms with Gasteiger partial charge in [-0.1, -0.05) is 31.0 Å². The van der Waals surface area contributed by atoms with E-state index in [2.05, 4.69) is 10.6 Å². The molecule has 2 aliphatic heterocycles. The number of amides is 3. The number of nitrogens with zero attached hydrogens (tertiary/aromatic N) is 1. The molecule has 2 fully saturated rings. The summed E-state index contributed by atoms with van der Waals surface area (Å²) < 4.78 is -0.445. The normalized spacial score (nSPS) is 26.7. The van der Waals surface area contributed by atoms with Gasteiger partial charge in [-0.2, -0.15) is 0 Å². The lowest BCUT2D eigenvalue weighted by Gasteiger charge is -2.30. The molecule has 3 amide bonds. The predicted molar refractivity (Wildman–Crippen MR) is 109 cm³/mol. The second kappa shape index (κ2) is 7.10. The Balaban J connectivity index is 1.49. The number of fused-ring (bicyclic) bond motifs is 3. The summed E-state index contributed by atoms with van der Waals surface area (Å²) in [6.45, 7) is 5.67. The van der Waals surface area contributed by atoms with Crippen LogP contribution in [-0.4, -0.2) is 45.5 Å². The second-order valence-corrected chi connectivity index (χ2v) is 10.2. The van der Waals surface area contributed by atoms with Crippen molar-refractivity contribution in [1.29, 1.82) is 0 Å². The molecular weight excluding hydrogens is 374 g/mol. The summed E-state index contributed by atoms with van der Waals surface area (Å²) in [7, 11) is 0. The Morgan fingerprint density at radius 1 is 1.21 bits per heavy atom. The second-order valence-electron chi connectivity index (χ2n) is 8.50. The zero-order valence-corrected chi connectivity index (χ0v) is 17.3. The molecule has 0 radical (unpaired) electrons. The Hall–Kier alpha value is -2.02.